The number of carbonyl (C=O) groups is 1. The molecule has 0 aliphatic carbocycles. The lowest BCUT2D eigenvalue weighted by Gasteiger charge is -1.97. The summed E-state index contributed by atoms with van der Waals surface area (Å²) in [5.74, 6) is -0.00694. The number of carbonyl (C=O) groups excluding carboxylic acids is 1. The summed E-state index contributed by atoms with van der Waals surface area (Å²) in [6.07, 6.45) is 1.27. The van der Waals surface area contributed by atoms with E-state index in [-0.39, 0.29) is 11.6 Å². The van der Waals surface area contributed by atoms with Gasteiger partial charge in [0.1, 0.15) is 6.33 Å². The van der Waals surface area contributed by atoms with E-state index in [1.165, 1.54) is 6.33 Å². The molecule has 1 aromatic heterocycles. The average Bonchev–Trinajstić information content (AvgIpc) is 2.36. The van der Waals surface area contributed by atoms with Gasteiger partial charge in [-0.2, -0.15) is 5.10 Å². The van der Waals surface area contributed by atoms with E-state index in [0.717, 1.165) is 0 Å². The van der Waals surface area contributed by atoms with E-state index in [4.69, 9.17) is 5.73 Å². The van der Waals surface area contributed by atoms with Gasteiger partial charge >= 0.3 is 0 Å². The number of nitrogens with two attached hydrogens (primary N) is 1. The molecule has 0 bridgehead atoms. The molecule has 1 rings (SSSR count). The van der Waals surface area contributed by atoms with Crippen LogP contribution in [0.15, 0.2) is 6.33 Å². The Labute approximate surface area is 57.6 Å². The Morgan fingerprint density at radius 3 is 3.00 bits per heavy atom. The van der Waals surface area contributed by atoms with Crippen molar-refractivity contribution in [3.8, 4) is 0 Å². The van der Waals surface area contributed by atoms with E-state index in [1.54, 1.807) is 6.92 Å². The Balaban J connectivity index is 2.78. The number of ketones is 1. The molecule has 5 nitrogen and oxygen atoms in total. The second-order valence-electron chi connectivity index (χ2n) is 1.99. The fraction of sp³-hybridized carbons (Fsp3) is 0.400. The molecule has 1 heterocycles. The predicted molar refractivity (Wildman–Crippen MR) is 34.4 cm³/mol. The highest BCUT2D eigenvalue weighted by atomic mass is 16.1. The largest absolute Gasteiger partial charge is 0.321 e. The van der Waals surface area contributed by atoms with Crippen molar-refractivity contribution in [1.29, 1.82) is 0 Å². The van der Waals surface area contributed by atoms with Crippen LogP contribution in [-0.4, -0.2) is 27.0 Å². The quantitative estimate of drug-likeness (QED) is 0.534. The first-order valence-electron chi connectivity index (χ1n) is 2.87. The van der Waals surface area contributed by atoms with Crippen molar-refractivity contribution in [2.75, 3.05) is 0 Å². The van der Waals surface area contributed by atoms with Crippen LogP contribution in [0.4, 0.5) is 0 Å². The maximum absolute atomic E-state index is 10.9. The minimum atomic E-state index is -0.520. The van der Waals surface area contributed by atoms with Crippen molar-refractivity contribution in [3.05, 3.63) is 12.2 Å². The van der Waals surface area contributed by atoms with Crippen LogP contribution in [0, 0.1) is 0 Å². The van der Waals surface area contributed by atoms with Gasteiger partial charge in [0.2, 0.25) is 5.78 Å². The van der Waals surface area contributed by atoms with Gasteiger partial charge in [-0.3, -0.25) is 9.89 Å². The molecule has 1 aromatic rings. The molecule has 0 fully saturated rings. The van der Waals surface area contributed by atoms with Crippen LogP contribution in [0.2, 0.25) is 0 Å². The molecule has 3 N–H and O–H groups in total. The number of Topliss-reactive ketones (excluding diaryl/α,β-unsaturated/α-hetero) is 1. The number of nitrogens with one attached hydrogen (secondary N) is 1. The number of hydrogen-bond acceptors (Lipinski definition) is 4. The zero-order valence-corrected chi connectivity index (χ0v) is 5.53. The van der Waals surface area contributed by atoms with Gasteiger partial charge in [-0.05, 0) is 6.92 Å². The van der Waals surface area contributed by atoms with Crippen LogP contribution in [0.3, 0.4) is 0 Å². The second-order valence-corrected chi connectivity index (χ2v) is 1.99. The Hall–Kier alpha value is -1.23. The first-order chi connectivity index (χ1) is 4.72. The summed E-state index contributed by atoms with van der Waals surface area (Å²) in [4.78, 5) is 14.6. The van der Waals surface area contributed by atoms with Crippen LogP contribution < -0.4 is 5.73 Å². The molecule has 5 heteroatoms. The van der Waals surface area contributed by atoms with E-state index < -0.39 is 6.04 Å². The SMILES string of the molecule is CC(N)C(=O)c1ncn[nH]1. The van der Waals surface area contributed by atoms with E-state index in [0.29, 0.717) is 0 Å². The maximum atomic E-state index is 10.9. The zero-order chi connectivity index (χ0) is 7.56. The van der Waals surface area contributed by atoms with Crippen LogP contribution in [-0.2, 0) is 0 Å². The minimum Gasteiger partial charge on any atom is -0.321 e. The molecule has 0 aromatic carbocycles. The fourth-order valence-electron chi connectivity index (χ4n) is 0.540. The highest BCUT2D eigenvalue weighted by molar-refractivity contribution is 5.96. The zero-order valence-electron chi connectivity index (χ0n) is 5.53. The first kappa shape index (κ1) is 6.88. The highest BCUT2D eigenvalue weighted by Gasteiger charge is 2.12. The second kappa shape index (κ2) is 2.57. The molecule has 0 amide bonds. The molecule has 0 saturated carbocycles. The lowest BCUT2D eigenvalue weighted by Crippen LogP contribution is -2.27. The minimum absolute atomic E-state index is 0.218. The fourth-order valence-corrected chi connectivity index (χ4v) is 0.540. The Kier molecular flexibility index (Phi) is 1.77. The molecule has 10 heavy (non-hydrogen) atoms. The first-order valence-corrected chi connectivity index (χ1v) is 2.87. The van der Waals surface area contributed by atoms with Gasteiger partial charge in [0.25, 0.3) is 0 Å². The standard InChI is InChI=1S/C5H8N4O/c1-3(6)4(10)5-7-2-8-9-5/h2-3H,6H2,1H3,(H,7,8,9). The number of aromatic amines is 1. The van der Waals surface area contributed by atoms with Crippen LogP contribution >= 0.6 is 0 Å². The van der Waals surface area contributed by atoms with E-state index in [2.05, 4.69) is 15.2 Å². The number of aromatic nitrogens is 3. The van der Waals surface area contributed by atoms with Gasteiger partial charge in [0.05, 0.1) is 6.04 Å². The Morgan fingerprint density at radius 1 is 1.90 bits per heavy atom. The third-order valence-electron chi connectivity index (χ3n) is 1.06. The lowest BCUT2D eigenvalue weighted by molar-refractivity contribution is 0.0958. The number of hydrogen-bond donors (Lipinski definition) is 2. The van der Waals surface area contributed by atoms with Gasteiger partial charge in [-0.25, -0.2) is 4.98 Å². The topological polar surface area (TPSA) is 84.7 Å². The summed E-state index contributed by atoms with van der Waals surface area (Å²) < 4.78 is 0. The predicted octanol–water partition coefficient (Wildman–Crippen LogP) is -0.665. The van der Waals surface area contributed by atoms with Crippen molar-refractivity contribution in [2.24, 2.45) is 5.73 Å². The van der Waals surface area contributed by atoms with Gasteiger partial charge < -0.3 is 5.73 Å². The molecule has 0 aliphatic heterocycles. The molecule has 54 valence electrons. The molecule has 1 unspecified atom stereocenters. The maximum Gasteiger partial charge on any atom is 0.215 e. The van der Waals surface area contributed by atoms with Crippen molar-refractivity contribution in [3.63, 3.8) is 0 Å². The van der Waals surface area contributed by atoms with E-state index in [1.807, 2.05) is 0 Å². The molecular formula is C5H8N4O. The summed E-state index contributed by atoms with van der Waals surface area (Å²) in [5, 5.41) is 5.94. The molecule has 0 saturated heterocycles. The van der Waals surface area contributed by atoms with Gasteiger partial charge in [-0.15, -0.1) is 0 Å². The van der Waals surface area contributed by atoms with Crippen LogP contribution in [0.25, 0.3) is 0 Å². The monoisotopic (exact) mass is 140 g/mol. The van der Waals surface area contributed by atoms with Crippen molar-refractivity contribution in [1.82, 2.24) is 15.2 Å². The number of nitrogens with zero attached hydrogens (tertiary/aromatic N) is 2. The normalized spacial score (nSPS) is 13.0. The van der Waals surface area contributed by atoms with E-state index in [9.17, 15) is 4.79 Å². The van der Waals surface area contributed by atoms with Crippen molar-refractivity contribution >= 4 is 5.78 Å². The molecule has 0 spiro atoms. The Morgan fingerprint density at radius 2 is 2.60 bits per heavy atom. The van der Waals surface area contributed by atoms with Gasteiger partial charge in [-0.1, -0.05) is 0 Å². The summed E-state index contributed by atoms with van der Waals surface area (Å²) in [6.45, 7) is 1.60. The number of rotatable bonds is 2. The smallest absolute Gasteiger partial charge is 0.215 e. The number of H-pyrrole nitrogens is 1. The molecule has 0 aliphatic rings. The van der Waals surface area contributed by atoms with Gasteiger partial charge in [0, 0.05) is 0 Å². The van der Waals surface area contributed by atoms with Crippen molar-refractivity contribution < 1.29 is 4.79 Å². The van der Waals surface area contributed by atoms with E-state index >= 15 is 0 Å². The lowest BCUT2D eigenvalue weighted by atomic mass is 10.2. The van der Waals surface area contributed by atoms with Crippen LogP contribution in [0.5, 0.6) is 0 Å². The van der Waals surface area contributed by atoms with Gasteiger partial charge in [0.15, 0.2) is 5.82 Å². The highest BCUT2D eigenvalue weighted by Crippen LogP contribution is 1.90. The van der Waals surface area contributed by atoms with Crippen molar-refractivity contribution in [2.45, 2.75) is 13.0 Å². The summed E-state index contributed by atoms with van der Waals surface area (Å²) in [5.41, 5.74) is 5.29. The summed E-state index contributed by atoms with van der Waals surface area (Å²) in [7, 11) is 0. The molecule has 0 radical (unpaired) electrons. The molecular weight excluding hydrogens is 132 g/mol. The Bertz CT molecular complexity index is 216. The average molecular weight is 140 g/mol. The summed E-state index contributed by atoms with van der Waals surface area (Å²) in [6, 6.07) is -0.520. The molecule has 1 atom stereocenters. The third-order valence-corrected chi connectivity index (χ3v) is 1.06. The summed E-state index contributed by atoms with van der Waals surface area (Å²) >= 11 is 0. The third kappa shape index (κ3) is 1.19. The van der Waals surface area contributed by atoms with Crippen LogP contribution in [0.1, 0.15) is 17.5 Å².